The standard InChI is InChI=1S/C88H126O2S8/c1-7-13-19-25-29-33-37-43-63-91-85-86(92-64-44-38-34-30-26-20-14-8-2)96-79(95-85)67-69-47-51-71(52-48-69)73-55-59-77-81-75(73)57-58-76-74(56-60-78(82(76)81)84(90-62-42-24-18-12-6)83(77)89-61-41-23-17-11-5)72-53-49-70(50-54-72)68-80-97-87(93-65-45-39-35-31-27-21-15-9-3)88(98-80)94-66-46-40-36-32-28-22-16-10-4/h47-60,67-68H,7-46,61-66H2,1-6H3. The molecular formula is C88H126O2S8. The van der Waals surface area contributed by atoms with E-state index >= 15 is 0 Å². The minimum absolute atomic E-state index is 0.682. The van der Waals surface area contributed by atoms with Crippen LogP contribution in [0.3, 0.4) is 0 Å². The maximum atomic E-state index is 7.06. The van der Waals surface area contributed by atoms with Gasteiger partial charge < -0.3 is 9.47 Å². The molecule has 538 valence electrons. The Balaban J connectivity index is 1.04. The van der Waals surface area contributed by atoms with Gasteiger partial charge in [-0.25, -0.2) is 0 Å². The molecule has 0 N–H and O–H groups in total. The topological polar surface area (TPSA) is 18.5 Å². The summed E-state index contributed by atoms with van der Waals surface area (Å²) in [6, 6.07) is 33.2. The molecule has 6 aromatic carbocycles. The van der Waals surface area contributed by atoms with Crippen LogP contribution in [0.15, 0.2) is 110 Å². The summed E-state index contributed by atoms with van der Waals surface area (Å²) >= 11 is 16.6. The van der Waals surface area contributed by atoms with Gasteiger partial charge in [0.25, 0.3) is 0 Å². The Morgan fingerprint density at radius 3 is 0.786 bits per heavy atom. The van der Waals surface area contributed by atoms with Crippen LogP contribution in [0, 0.1) is 0 Å². The second-order valence-electron chi connectivity index (χ2n) is 27.7. The largest absolute Gasteiger partial charge is 0.489 e. The van der Waals surface area contributed by atoms with E-state index < -0.39 is 0 Å². The molecule has 2 aliphatic rings. The smallest absolute Gasteiger partial charge is 0.169 e. The second-order valence-corrected chi connectivity index (χ2v) is 37.9. The fourth-order valence-corrected chi connectivity index (χ4v) is 25.4. The average molecular weight is 1470 g/mol. The SMILES string of the molecule is CCCCCCCCCCSC1=C(SCCCCCCCCCC)SC(=Cc2ccc(-c3ccc4c(OCCCCCC)c(OCCCCCC)c5ccc(-c6ccc(C=C7SC(SCCCCCCCCCC)=C(SCCCCCCCCCC)S7)cc6)c6ccc3c4c65)cc2)S1. The van der Waals surface area contributed by atoms with E-state index in [0.29, 0.717) is 13.2 Å². The Kier molecular flexibility index (Phi) is 41.1. The number of ether oxygens (including phenoxy) is 2. The molecule has 10 heteroatoms. The van der Waals surface area contributed by atoms with Crippen molar-refractivity contribution < 1.29 is 9.47 Å². The summed E-state index contributed by atoms with van der Waals surface area (Å²) in [5.74, 6) is 6.73. The van der Waals surface area contributed by atoms with Crippen molar-refractivity contribution in [1.29, 1.82) is 0 Å². The van der Waals surface area contributed by atoms with Gasteiger partial charge in [0.15, 0.2) is 11.5 Å². The van der Waals surface area contributed by atoms with Crippen molar-refractivity contribution in [2.45, 2.75) is 298 Å². The zero-order chi connectivity index (χ0) is 68.5. The van der Waals surface area contributed by atoms with Crippen molar-refractivity contribution in [2.24, 2.45) is 0 Å². The van der Waals surface area contributed by atoms with Crippen molar-refractivity contribution in [3.8, 4) is 33.8 Å². The van der Waals surface area contributed by atoms with Gasteiger partial charge in [-0.2, -0.15) is 0 Å². The lowest BCUT2D eigenvalue weighted by atomic mass is 9.86. The molecule has 0 fully saturated rings. The summed E-state index contributed by atoms with van der Waals surface area (Å²) in [4.78, 5) is 0. The maximum Gasteiger partial charge on any atom is 0.169 e. The zero-order valence-electron chi connectivity index (χ0n) is 61.8. The second kappa shape index (κ2) is 49.4. The molecule has 0 radical (unpaired) electrons. The molecule has 2 nitrogen and oxygen atoms in total. The lowest BCUT2D eigenvalue weighted by Gasteiger charge is -2.23. The molecule has 8 rings (SSSR count). The Labute approximate surface area is 632 Å². The lowest BCUT2D eigenvalue weighted by Crippen LogP contribution is -2.05. The monoisotopic (exact) mass is 1470 g/mol. The Morgan fingerprint density at radius 2 is 0.510 bits per heavy atom. The first kappa shape index (κ1) is 81.4. The van der Waals surface area contributed by atoms with Crippen molar-refractivity contribution in [3.05, 3.63) is 121 Å². The van der Waals surface area contributed by atoms with Crippen molar-refractivity contribution in [1.82, 2.24) is 0 Å². The number of hydrogen-bond acceptors (Lipinski definition) is 10. The van der Waals surface area contributed by atoms with Gasteiger partial charge in [-0.1, -0.05) is 380 Å². The fraction of sp³-hybridized carbons (Fsp3) is 0.591. The number of benzene rings is 6. The lowest BCUT2D eigenvalue weighted by molar-refractivity contribution is 0.264. The highest BCUT2D eigenvalue weighted by Crippen LogP contribution is 2.60. The van der Waals surface area contributed by atoms with Crippen LogP contribution in [0.25, 0.3) is 66.7 Å². The third kappa shape index (κ3) is 27.6. The first-order valence-electron chi connectivity index (χ1n) is 39.9. The average Bonchev–Trinajstić information content (AvgIpc) is 0.931. The van der Waals surface area contributed by atoms with Gasteiger partial charge in [0.1, 0.15) is 0 Å². The third-order valence-electron chi connectivity index (χ3n) is 19.4. The highest BCUT2D eigenvalue weighted by Gasteiger charge is 2.26. The molecule has 0 atom stereocenters. The molecular weight excluding hydrogens is 1350 g/mol. The van der Waals surface area contributed by atoms with E-state index in [2.05, 4.69) is 186 Å². The van der Waals surface area contributed by atoms with Gasteiger partial charge in [0.05, 0.1) is 38.6 Å². The molecule has 0 aromatic heterocycles. The van der Waals surface area contributed by atoms with Crippen LogP contribution in [0.4, 0.5) is 0 Å². The van der Waals surface area contributed by atoms with Gasteiger partial charge >= 0.3 is 0 Å². The summed E-state index contributed by atoms with van der Waals surface area (Å²) in [6.07, 6.45) is 58.1. The highest BCUT2D eigenvalue weighted by atomic mass is 32.3. The van der Waals surface area contributed by atoms with Crippen LogP contribution in [0.2, 0.25) is 0 Å². The predicted molar refractivity (Wildman–Crippen MR) is 461 cm³/mol. The van der Waals surface area contributed by atoms with Gasteiger partial charge in [-0.3, -0.25) is 0 Å². The first-order valence-corrected chi connectivity index (χ1v) is 47.1. The molecule has 0 saturated carbocycles. The highest BCUT2D eigenvalue weighted by molar-refractivity contribution is 8.41. The van der Waals surface area contributed by atoms with E-state index in [9.17, 15) is 0 Å². The van der Waals surface area contributed by atoms with Gasteiger partial charge in [0.2, 0.25) is 0 Å². The Hall–Kier alpha value is -2.28. The van der Waals surface area contributed by atoms with Crippen molar-refractivity contribution in [2.75, 3.05) is 36.2 Å². The van der Waals surface area contributed by atoms with Crippen LogP contribution in [-0.4, -0.2) is 36.2 Å². The summed E-state index contributed by atoms with van der Waals surface area (Å²) in [6.45, 7) is 15.2. The minimum atomic E-state index is 0.682. The summed E-state index contributed by atoms with van der Waals surface area (Å²) in [7, 11) is 0. The number of rotatable bonds is 56. The molecule has 0 aliphatic carbocycles. The van der Waals surface area contributed by atoms with Crippen LogP contribution in [-0.2, 0) is 0 Å². The molecule has 2 heterocycles. The normalized spacial score (nSPS) is 13.5. The molecule has 0 amide bonds. The van der Waals surface area contributed by atoms with E-state index in [4.69, 9.17) is 9.47 Å². The molecule has 0 unspecified atom stereocenters. The van der Waals surface area contributed by atoms with Crippen LogP contribution in [0.1, 0.15) is 310 Å². The van der Waals surface area contributed by atoms with E-state index in [0.717, 1.165) is 35.1 Å². The van der Waals surface area contributed by atoms with Crippen molar-refractivity contribution in [3.63, 3.8) is 0 Å². The van der Waals surface area contributed by atoms with Gasteiger partial charge in [0, 0.05) is 21.5 Å². The van der Waals surface area contributed by atoms with Crippen molar-refractivity contribution >= 4 is 139 Å². The number of thioether (sulfide) groups is 8. The van der Waals surface area contributed by atoms with Crippen LogP contribution < -0.4 is 9.47 Å². The molecule has 0 bridgehead atoms. The summed E-state index contributed by atoms with van der Waals surface area (Å²) in [5, 5.41) is 7.40. The number of unbranched alkanes of at least 4 members (excludes halogenated alkanes) is 34. The quantitative estimate of drug-likeness (QED) is 0.0270. The number of hydrogen-bond donors (Lipinski definition) is 0. The van der Waals surface area contributed by atoms with E-state index in [1.807, 2.05) is 47.0 Å². The Bertz CT molecular complexity index is 3010. The first-order chi connectivity index (χ1) is 48.5. The molecule has 98 heavy (non-hydrogen) atoms. The van der Waals surface area contributed by atoms with E-state index in [1.165, 1.54) is 330 Å². The van der Waals surface area contributed by atoms with Gasteiger partial charge in [-0.05, 0) is 130 Å². The fourth-order valence-electron chi connectivity index (χ4n) is 13.5. The molecule has 0 saturated heterocycles. The summed E-state index contributed by atoms with van der Waals surface area (Å²) in [5.41, 5.74) is 7.56. The van der Waals surface area contributed by atoms with Crippen LogP contribution in [0.5, 0.6) is 11.5 Å². The Morgan fingerprint density at radius 1 is 0.265 bits per heavy atom. The van der Waals surface area contributed by atoms with E-state index in [-0.39, 0.29) is 0 Å². The molecule has 0 spiro atoms. The third-order valence-corrected chi connectivity index (χ3v) is 30.5. The predicted octanol–water partition coefficient (Wildman–Crippen LogP) is 33.1. The van der Waals surface area contributed by atoms with E-state index in [1.54, 1.807) is 16.9 Å². The van der Waals surface area contributed by atoms with Gasteiger partial charge in [-0.15, -0.1) is 47.0 Å². The minimum Gasteiger partial charge on any atom is -0.489 e. The molecule has 6 aromatic rings. The molecule has 2 aliphatic heterocycles. The van der Waals surface area contributed by atoms with Crippen LogP contribution >= 0.6 is 94.1 Å². The summed E-state index contributed by atoms with van der Waals surface area (Å²) < 4.78 is 23.1. The zero-order valence-corrected chi connectivity index (χ0v) is 68.4. The maximum absolute atomic E-state index is 7.06.